The molecule has 0 fully saturated rings. The van der Waals surface area contributed by atoms with Crippen LogP contribution in [0.4, 0.5) is 0 Å². The van der Waals surface area contributed by atoms with Crippen LogP contribution in [0.15, 0.2) is 30.6 Å². The second-order valence-electron chi connectivity index (χ2n) is 4.33. The van der Waals surface area contributed by atoms with E-state index in [1.54, 1.807) is 13.4 Å². The Hall–Kier alpha value is -1.81. The monoisotopic (exact) mass is 246 g/mol. The predicted molar refractivity (Wildman–Crippen MR) is 69.7 cm³/mol. The number of benzene rings is 1. The number of aryl methyl sites for hydroxylation is 1. The van der Waals surface area contributed by atoms with Crippen molar-refractivity contribution in [3.05, 3.63) is 47.5 Å². The highest BCUT2D eigenvalue weighted by atomic mass is 16.5. The maximum atomic E-state index is 10.3. The highest BCUT2D eigenvalue weighted by molar-refractivity contribution is 5.35. The normalized spacial score (nSPS) is 12.4. The standard InChI is InChI=1S/C14H18N2O2/c1-10-11(2)16(9-15-10)8-13(17)12-6-4-5-7-14(12)18-3/h4-7,9,13,17H,8H2,1-3H3. The summed E-state index contributed by atoms with van der Waals surface area (Å²) in [5.41, 5.74) is 2.86. The van der Waals surface area contributed by atoms with Crippen LogP contribution < -0.4 is 4.74 Å². The van der Waals surface area contributed by atoms with Crippen molar-refractivity contribution in [1.82, 2.24) is 9.55 Å². The molecule has 0 saturated heterocycles. The van der Waals surface area contributed by atoms with Gasteiger partial charge in [0.1, 0.15) is 11.9 Å². The number of ether oxygens (including phenoxy) is 1. The topological polar surface area (TPSA) is 47.3 Å². The van der Waals surface area contributed by atoms with E-state index < -0.39 is 6.10 Å². The number of rotatable bonds is 4. The fourth-order valence-corrected chi connectivity index (χ4v) is 1.95. The number of methoxy groups -OCH3 is 1. The first-order valence-electron chi connectivity index (χ1n) is 5.92. The molecule has 1 heterocycles. The van der Waals surface area contributed by atoms with Crippen molar-refractivity contribution in [3.63, 3.8) is 0 Å². The first-order valence-corrected chi connectivity index (χ1v) is 5.92. The molecule has 1 N–H and O–H groups in total. The number of para-hydroxylation sites is 1. The van der Waals surface area contributed by atoms with Crippen molar-refractivity contribution in [2.45, 2.75) is 26.5 Å². The Morgan fingerprint density at radius 1 is 1.33 bits per heavy atom. The van der Waals surface area contributed by atoms with Gasteiger partial charge in [0.05, 0.1) is 25.7 Å². The molecular formula is C14H18N2O2. The molecule has 0 aliphatic carbocycles. The molecule has 2 rings (SSSR count). The minimum absolute atomic E-state index is 0.479. The largest absolute Gasteiger partial charge is 0.496 e. The van der Waals surface area contributed by atoms with Gasteiger partial charge in [-0.05, 0) is 19.9 Å². The van der Waals surface area contributed by atoms with Crippen molar-refractivity contribution in [1.29, 1.82) is 0 Å². The molecular weight excluding hydrogens is 228 g/mol. The summed E-state index contributed by atoms with van der Waals surface area (Å²) in [6.07, 6.45) is 1.15. The zero-order valence-corrected chi connectivity index (χ0v) is 10.9. The van der Waals surface area contributed by atoms with Crippen LogP contribution >= 0.6 is 0 Å². The number of aliphatic hydroxyl groups excluding tert-OH is 1. The highest BCUT2D eigenvalue weighted by Crippen LogP contribution is 2.26. The second kappa shape index (κ2) is 5.23. The summed E-state index contributed by atoms with van der Waals surface area (Å²) in [7, 11) is 1.61. The molecule has 1 atom stereocenters. The van der Waals surface area contributed by atoms with E-state index in [9.17, 15) is 5.11 Å². The van der Waals surface area contributed by atoms with Crippen molar-refractivity contribution in [2.24, 2.45) is 0 Å². The van der Waals surface area contributed by atoms with Crippen molar-refractivity contribution < 1.29 is 9.84 Å². The third-order valence-electron chi connectivity index (χ3n) is 3.21. The fraction of sp³-hybridized carbons (Fsp3) is 0.357. The lowest BCUT2D eigenvalue weighted by atomic mass is 10.1. The van der Waals surface area contributed by atoms with E-state index in [1.807, 2.05) is 42.7 Å². The number of aliphatic hydroxyl groups is 1. The summed E-state index contributed by atoms with van der Waals surface area (Å²) in [5.74, 6) is 0.708. The van der Waals surface area contributed by atoms with Gasteiger partial charge in [0.2, 0.25) is 0 Å². The fourth-order valence-electron chi connectivity index (χ4n) is 1.95. The maximum Gasteiger partial charge on any atom is 0.124 e. The van der Waals surface area contributed by atoms with Gasteiger partial charge in [0.25, 0.3) is 0 Å². The molecule has 2 aromatic rings. The van der Waals surface area contributed by atoms with Crippen LogP contribution in [0.25, 0.3) is 0 Å². The van der Waals surface area contributed by atoms with Gasteiger partial charge in [-0.2, -0.15) is 0 Å². The molecule has 4 heteroatoms. The average molecular weight is 246 g/mol. The average Bonchev–Trinajstić information content (AvgIpc) is 2.70. The molecule has 0 spiro atoms. The highest BCUT2D eigenvalue weighted by Gasteiger charge is 2.14. The van der Waals surface area contributed by atoms with Crippen LogP contribution in [-0.2, 0) is 6.54 Å². The Morgan fingerprint density at radius 3 is 2.67 bits per heavy atom. The molecule has 18 heavy (non-hydrogen) atoms. The molecule has 0 bridgehead atoms. The van der Waals surface area contributed by atoms with Gasteiger partial charge in [-0.3, -0.25) is 0 Å². The van der Waals surface area contributed by atoms with Crippen molar-refractivity contribution in [2.75, 3.05) is 7.11 Å². The molecule has 4 nitrogen and oxygen atoms in total. The zero-order chi connectivity index (χ0) is 13.1. The first kappa shape index (κ1) is 12.6. The van der Waals surface area contributed by atoms with Gasteiger partial charge in [-0.25, -0.2) is 4.98 Å². The van der Waals surface area contributed by atoms with Gasteiger partial charge in [0.15, 0.2) is 0 Å². The van der Waals surface area contributed by atoms with Gasteiger partial charge >= 0.3 is 0 Å². The Kier molecular flexibility index (Phi) is 3.67. The van der Waals surface area contributed by atoms with Crippen LogP contribution in [0.2, 0.25) is 0 Å². The Labute approximate surface area is 107 Å². The van der Waals surface area contributed by atoms with E-state index in [0.717, 1.165) is 17.0 Å². The SMILES string of the molecule is COc1ccccc1C(O)Cn1cnc(C)c1C. The molecule has 1 unspecified atom stereocenters. The third kappa shape index (κ3) is 2.38. The van der Waals surface area contributed by atoms with Gasteiger partial charge in [-0.1, -0.05) is 18.2 Å². The summed E-state index contributed by atoms with van der Waals surface area (Å²) < 4.78 is 7.21. The minimum atomic E-state index is -0.603. The van der Waals surface area contributed by atoms with Crippen LogP contribution in [0.5, 0.6) is 5.75 Å². The zero-order valence-electron chi connectivity index (χ0n) is 10.9. The number of hydrogen-bond donors (Lipinski definition) is 1. The number of imidazole rings is 1. The Bertz CT molecular complexity index is 534. The molecule has 0 amide bonds. The Balaban J connectivity index is 2.22. The lowest BCUT2D eigenvalue weighted by Gasteiger charge is -2.16. The molecule has 0 radical (unpaired) electrons. The van der Waals surface area contributed by atoms with Crippen LogP contribution in [0.3, 0.4) is 0 Å². The molecule has 0 saturated carbocycles. The summed E-state index contributed by atoms with van der Waals surface area (Å²) >= 11 is 0. The Morgan fingerprint density at radius 2 is 2.06 bits per heavy atom. The lowest BCUT2D eigenvalue weighted by Crippen LogP contribution is -2.10. The van der Waals surface area contributed by atoms with Gasteiger partial charge < -0.3 is 14.4 Å². The third-order valence-corrected chi connectivity index (χ3v) is 3.21. The summed E-state index contributed by atoms with van der Waals surface area (Å²) in [5, 5.41) is 10.3. The molecule has 96 valence electrons. The van der Waals surface area contributed by atoms with Crippen LogP contribution in [0.1, 0.15) is 23.1 Å². The second-order valence-corrected chi connectivity index (χ2v) is 4.33. The summed E-state index contributed by atoms with van der Waals surface area (Å²) in [6, 6.07) is 7.52. The minimum Gasteiger partial charge on any atom is -0.496 e. The van der Waals surface area contributed by atoms with E-state index in [-0.39, 0.29) is 0 Å². The molecule has 0 aliphatic rings. The maximum absolute atomic E-state index is 10.3. The summed E-state index contributed by atoms with van der Waals surface area (Å²) in [4.78, 5) is 4.23. The first-order chi connectivity index (χ1) is 8.63. The summed E-state index contributed by atoms with van der Waals surface area (Å²) in [6.45, 7) is 4.44. The molecule has 1 aromatic carbocycles. The van der Waals surface area contributed by atoms with E-state index in [1.165, 1.54) is 0 Å². The van der Waals surface area contributed by atoms with E-state index in [2.05, 4.69) is 4.98 Å². The number of nitrogens with zero attached hydrogens (tertiary/aromatic N) is 2. The van der Waals surface area contributed by atoms with Gasteiger partial charge in [0, 0.05) is 11.3 Å². The number of hydrogen-bond acceptors (Lipinski definition) is 3. The van der Waals surface area contributed by atoms with Gasteiger partial charge in [-0.15, -0.1) is 0 Å². The van der Waals surface area contributed by atoms with Crippen molar-refractivity contribution in [3.8, 4) is 5.75 Å². The van der Waals surface area contributed by atoms with E-state index >= 15 is 0 Å². The molecule has 0 aliphatic heterocycles. The van der Waals surface area contributed by atoms with E-state index in [0.29, 0.717) is 12.3 Å². The van der Waals surface area contributed by atoms with Crippen molar-refractivity contribution >= 4 is 0 Å². The lowest BCUT2D eigenvalue weighted by molar-refractivity contribution is 0.152. The smallest absolute Gasteiger partial charge is 0.124 e. The van der Waals surface area contributed by atoms with Crippen LogP contribution in [0, 0.1) is 13.8 Å². The predicted octanol–water partition coefficient (Wildman–Crippen LogP) is 2.24. The number of aromatic nitrogens is 2. The molecule has 1 aromatic heterocycles. The van der Waals surface area contributed by atoms with Crippen LogP contribution in [-0.4, -0.2) is 21.8 Å². The quantitative estimate of drug-likeness (QED) is 0.900. The van der Waals surface area contributed by atoms with E-state index in [4.69, 9.17) is 4.74 Å².